The van der Waals surface area contributed by atoms with Crippen LogP contribution in [0.4, 0.5) is 0 Å². The Hall–Kier alpha value is -0.670. The second kappa shape index (κ2) is 3.17. The first-order valence-corrected chi connectivity index (χ1v) is 5.66. The maximum absolute atomic E-state index is 5.36. The minimum Gasteiger partial charge on any atom is -0.336 e. The molecule has 0 aromatic carbocycles. The molecule has 14 heavy (non-hydrogen) atoms. The lowest BCUT2D eigenvalue weighted by Crippen LogP contribution is -2.42. The average molecular weight is 206 g/mol. The molecule has 1 fully saturated rings. The number of hydrogen-bond donors (Lipinski definition) is 1. The third kappa shape index (κ3) is 1.23. The number of pyridine rings is 1. The van der Waals surface area contributed by atoms with E-state index in [1.807, 2.05) is 6.07 Å². The molecule has 3 rings (SSSR count). The molecule has 0 unspecified atom stereocenters. The summed E-state index contributed by atoms with van der Waals surface area (Å²) in [5.41, 5.74) is 1.43. The Morgan fingerprint density at radius 2 is 2.29 bits per heavy atom. The van der Waals surface area contributed by atoms with Crippen molar-refractivity contribution in [1.82, 2.24) is 9.88 Å². The molecule has 2 aliphatic rings. The van der Waals surface area contributed by atoms with Crippen molar-refractivity contribution in [2.45, 2.75) is 18.9 Å². The van der Waals surface area contributed by atoms with Gasteiger partial charge in [0.1, 0.15) is 4.64 Å². The lowest BCUT2D eigenvalue weighted by Gasteiger charge is -2.37. The Labute approximate surface area is 88.9 Å². The highest BCUT2D eigenvalue weighted by Gasteiger charge is 2.29. The quantitative estimate of drug-likeness (QED) is 0.653. The van der Waals surface area contributed by atoms with Crippen molar-refractivity contribution in [3.05, 3.63) is 28.5 Å². The molecule has 3 heterocycles. The minimum atomic E-state index is 0.686. The highest BCUT2D eigenvalue weighted by Crippen LogP contribution is 2.32. The molecule has 0 saturated carbocycles. The molecule has 3 heteroatoms. The maximum atomic E-state index is 5.36. The fourth-order valence-electron chi connectivity index (χ4n) is 2.74. The molecule has 74 valence electrons. The van der Waals surface area contributed by atoms with Crippen LogP contribution < -0.4 is 5.32 Å². The second-order valence-electron chi connectivity index (χ2n) is 4.36. The highest BCUT2D eigenvalue weighted by atomic mass is 32.1. The van der Waals surface area contributed by atoms with Gasteiger partial charge in [-0.1, -0.05) is 18.3 Å². The van der Waals surface area contributed by atoms with Gasteiger partial charge in [0.05, 0.1) is 0 Å². The first kappa shape index (κ1) is 8.62. The van der Waals surface area contributed by atoms with Gasteiger partial charge in [-0.15, -0.1) is 0 Å². The largest absolute Gasteiger partial charge is 0.336 e. The van der Waals surface area contributed by atoms with Crippen molar-refractivity contribution in [1.29, 1.82) is 0 Å². The van der Waals surface area contributed by atoms with Crippen LogP contribution in [0, 0.1) is 10.6 Å². The van der Waals surface area contributed by atoms with Crippen LogP contribution in [0.5, 0.6) is 0 Å². The first-order valence-electron chi connectivity index (χ1n) is 5.25. The SMILES string of the molecule is S=c1cccc2n1C[C@H]1CNC[C@@H]2C1. The van der Waals surface area contributed by atoms with E-state index in [4.69, 9.17) is 12.2 Å². The van der Waals surface area contributed by atoms with Crippen LogP contribution >= 0.6 is 12.2 Å². The molecule has 2 aliphatic heterocycles. The van der Waals surface area contributed by atoms with E-state index < -0.39 is 0 Å². The average Bonchev–Trinajstić information content (AvgIpc) is 2.20. The summed E-state index contributed by atoms with van der Waals surface area (Å²) in [5.74, 6) is 1.47. The van der Waals surface area contributed by atoms with E-state index in [0.29, 0.717) is 5.92 Å². The summed E-state index contributed by atoms with van der Waals surface area (Å²) in [6, 6.07) is 6.35. The summed E-state index contributed by atoms with van der Waals surface area (Å²) >= 11 is 5.36. The van der Waals surface area contributed by atoms with E-state index in [1.54, 1.807) is 0 Å². The second-order valence-corrected chi connectivity index (χ2v) is 4.77. The Kier molecular flexibility index (Phi) is 1.96. The minimum absolute atomic E-state index is 0.686. The predicted octanol–water partition coefficient (Wildman–Crippen LogP) is 1.92. The topological polar surface area (TPSA) is 17.0 Å². The fraction of sp³-hybridized carbons (Fsp3) is 0.545. The zero-order valence-electron chi connectivity index (χ0n) is 8.07. The fourth-order valence-corrected chi connectivity index (χ4v) is 3.00. The van der Waals surface area contributed by atoms with Gasteiger partial charge in [0, 0.05) is 24.7 Å². The molecule has 0 radical (unpaired) electrons. The third-order valence-electron chi connectivity index (χ3n) is 3.38. The highest BCUT2D eigenvalue weighted by molar-refractivity contribution is 7.71. The molecule has 0 amide bonds. The van der Waals surface area contributed by atoms with Crippen molar-refractivity contribution in [3.8, 4) is 0 Å². The van der Waals surface area contributed by atoms with Crippen molar-refractivity contribution in [3.63, 3.8) is 0 Å². The Balaban J connectivity index is 2.15. The van der Waals surface area contributed by atoms with Gasteiger partial charge in [-0.3, -0.25) is 0 Å². The van der Waals surface area contributed by atoms with Crippen molar-refractivity contribution < 1.29 is 0 Å². The predicted molar refractivity (Wildman–Crippen MR) is 59.0 cm³/mol. The normalized spacial score (nSPS) is 29.7. The zero-order valence-corrected chi connectivity index (χ0v) is 8.89. The van der Waals surface area contributed by atoms with E-state index in [-0.39, 0.29) is 0 Å². The molecule has 1 saturated heterocycles. The van der Waals surface area contributed by atoms with Gasteiger partial charge in [0.15, 0.2) is 0 Å². The molecule has 2 bridgehead atoms. The molecular weight excluding hydrogens is 192 g/mol. The van der Waals surface area contributed by atoms with E-state index in [1.165, 1.54) is 12.1 Å². The lowest BCUT2D eigenvalue weighted by atomic mass is 9.84. The number of nitrogens with one attached hydrogen (secondary N) is 1. The molecule has 0 aliphatic carbocycles. The van der Waals surface area contributed by atoms with Gasteiger partial charge in [-0.05, 0) is 31.0 Å². The van der Waals surface area contributed by atoms with Crippen LogP contribution in [0.2, 0.25) is 0 Å². The van der Waals surface area contributed by atoms with Gasteiger partial charge in [0.2, 0.25) is 0 Å². The van der Waals surface area contributed by atoms with Gasteiger partial charge < -0.3 is 9.88 Å². The van der Waals surface area contributed by atoms with E-state index in [2.05, 4.69) is 22.0 Å². The number of aromatic nitrogens is 1. The van der Waals surface area contributed by atoms with Crippen molar-refractivity contribution in [2.24, 2.45) is 5.92 Å². The Morgan fingerprint density at radius 3 is 3.21 bits per heavy atom. The van der Waals surface area contributed by atoms with Gasteiger partial charge in [-0.2, -0.15) is 0 Å². The molecule has 2 nitrogen and oxygen atoms in total. The summed E-state index contributed by atoms with van der Waals surface area (Å²) in [6.45, 7) is 3.39. The lowest BCUT2D eigenvalue weighted by molar-refractivity contribution is 0.259. The van der Waals surface area contributed by atoms with Gasteiger partial charge in [0.25, 0.3) is 0 Å². The first-order chi connectivity index (χ1) is 6.84. The van der Waals surface area contributed by atoms with Crippen molar-refractivity contribution in [2.75, 3.05) is 13.1 Å². The molecule has 2 atom stereocenters. The Morgan fingerprint density at radius 1 is 1.36 bits per heavy atom. The standard InChI is InChI=1S/C11H14N2S/c14-11-3-1-2-10-9-4-8(5-12-6-9)7-13(10)11/h1-3,8-9,12H,4-7H2/t8-,9+/m1/s1. The zero-order chi connectivity index (χ0) is 9.54. The maximum Gasteiger partial charge on any atom is 0.106 e. The van der Waals surface area contributed by atoms with Crippen LogP contribution in [0.15, 0.2) is 18.2 Å². The smallest absolute Gasteiger partial charge is 0.106 e. The van der Waals surface area contributed by atoms with Crippen LogP contribution in [-0.2, 0) is 6.54 Å². The van der Waals surface area contributed by atoms with Crippen LogP contribution in [0.1, 0.15) is 18.0 Å². The summed E-state index contributed by atoms with van der Waals surface area (Å²) in [4.78, 5) is 0. The van der Waals surface area contributed by atoms with E-state index in [9.17, 15) is 0 Å². The molecule has 1 aromatic heterocycles. The van der Waals surface area contributed by atoms with Crippen LogP contribution in [-0.4, -0.2) is 17.7 Å². The third-order valence-corrected chi connectivity index (χ3v) is 3.74. The summed E-state index contributed by atoms with van der Waals surface area (Å²) in [7, 11) is 0. The monoisotopic (exact) mass is 206 g/mol. The number of nitrogens with zero attached hydrogens (tertiary/aromatic N) is 1. The number of piperidine rings is 1. The van der Waals surface area contributed by atoms with Crippen LogP contribution in [0.25, 0.3) is 0 Å². The molecular formula is C11H14N2S. The molecule has 1 aromatic rings. The Bertz CT molecular complexity index is 410. The summed E-state index contributed by atoms with van der Waals surface area (Å²) in [6.07, 6.45) is 1.34. The van der Waals surface area contributed by atoms with E-state index in [0.717, 1.165) is 30.2 Å². The number of hydrogen-bond acceptors (Lipinski definition) is 2. The molecule has 1 N–H and O–H groups in total. The summed E-state index contributed by atoms with van der Waals surface area (Å²) < 4.78 is 3.33. The molecule has 0 spiro atoms. The van der Waals surface area contributed by atoms with Crippen LogP contribution in [0.3, 0.4) is 0 Å². The van der Waals surface area contributed by atoms with Crippen molar-refractivity contribution >= 4 is 12.2 Å². The number of fused-ring (bicyclic) bond motifs is 4. The number of rotatable bonds is 0. The van der Waals surface area contributed by atoms with E-state index >= 15 is 0 Å². The van der Waals surface area contributed by atoms with Gasteiger partial charge >= 0.3 is 0 Å². The van der Waals surface area contributed by atoms with Gasteiger partial charge in [-0.25, -0.2) is 0 Å². The summed E-state index contributed by atoms with van der Waals surface area (Å²) in [5, 5.41) is 3.50.